The van der Waals surface area contributed by atoms with E-state index in [0.717, 1.165) is 44.7 Å². The van der Waals surface area contributed by atoms with Crippen molar-refractivity contribution in [2.24, 2.45) is 0 Å². The van der Waals surface area contributed by atoms with E-state index in [-0.39, 0.29) is 18.0 Å². The second-order valence-electron chi connectivity index (χ2n) is 7.14. The van der Waals surface area contributed by atoms with Crippen molar-refractivity contribution < 1.29 is 9.53 Å². The molecule has 0 atom stereocenters. The van der Waals surface area contributed by atoms with Crippen molar-refractivity contribution in [2.45, 2.75) is 13.0 Å². The lowest BCUT2D eigenvalue weighted by Gasteiger charge is -2.26. The minimum Gasteiger partial charge on any atom is -0.379 e. The summed E-state index contributed by atoms with van der Waals surface area (Å²) in [6.45, 7) is 4.46. The van der Waals surface area contributed by atoms with E-state index >= 15 is 0 Å². The van der Waals surface area contributed by atoms with Crippen LogP contribution >= 0.6 is 0 Å². The first kappa shape index (κ1) is 19.3. The Morgan fingerprint density at radius 3 is 2.62 bits per heavy atom. The number of morpholine rings is 1. The average molecular weight is 392 g/mol. The van der Waals surface area contributed by atoms with Gasteiger partial charge in [0.05, 0.1) is 24.8 Å². The number of carbonyl (C=O) groups excluding carboxylic acids is 1. The monoisotopic (exact) mass is 392 g/mol. The number of rotatable bonds is 6. The number of ether oxygens (including phenoxy) is 1. The molecule has 0 aliphatic carbocycles. The number of aromatic nitrogens is 2. The minimum absolute atomic E-state index is 0.123. The van der Waals surface area contributed by atoms with Gasteiger partial charge in [0.1, 0.15) is 6.54 Å². The molecule has 7 heteroatoms. The van der Waals surface area contributed by atoms with Crippen LogP contribution in [0.5, 0.6) is 0 Å². The quantitative estimate of drug-likeness (QED) is 0.694. The van der Waals surface area contributed by atoms with Gasteiger partial charge in [0.25, 0.3) is 5.56 Å². The summed E-state index contributed by atoms with van der Waals surface area (Å²) in [5, 5.41) is 8.25. The summed E-state index contributed by atoms with van der Waals surface area (Å²) in [6, 6.07) is 15.1. The first-order valence-corrected chi connectivity index (χ1v) is 9.83. The lowest BCUT2D eigenvalue weighted by Crippen LogP contribution is -2.37. The van der Waals surface area contributed by atoms with Crippen LogP contribution in [0, 0.1) is 0 Å². The maximum Gasteiger partial charge on any atom is 0.275 e. The van der Waals surface area contributed by atoms with E-state index in [1.165, 1.54) is 10.2 Å². The van der Waals surface area contributed by atoms with Gasteiger partial charge in [-0.25, -0.2) is 4.68 Å². The Bertz CT molecular complexity index is 1040. The van der Waals surface area contributed by atoms with Crippen LogP contribution in [0.2, 0.25) is 0 Å². The third-order valence-corrected chi connectivity index (χ3v) is 5.11. The fourth-order valence-corrected chi connectivity index (χ4v) is 3.44. The standard InChI is InChI=1S/C22H24N4O3/c27-21(16-26-22(28)20-4-2-1-3-18(20)15-23-26)24-19-7-5-17(6-8-19)9-10-25-11-13-29-14-12-25/h1-8,15H,9-14,16H2,(H,24,27). The minimum atomic E-state index is -0.282. The number of hydrogen-bond acceptors (Lipinski definition) is 5. The number of hydrogen-bond donors (Lipinski definition) is 1. The third kappa shape index (κ3) is 4.88. The molecule has 7 nitrogen and oxygen atoms in total. The van der Waals surface area contributed by atoms with Crippen LogP contribution in [0.4, 0.5) is 5.69 Å². The van der Waals surface area contributed by atoms with Gasteiger partial charge >= 0.3 is 0 Å². The zero-order chi connectivity index (χ0) is 20.1. The van der Waals surface area contributed by atoms with Gasteiger partial charge in [0.15, 0.2) is 0 Å². The number of amides is 1. The van der Waals surface area contributed by atoms with Crippen molar-refractivity contribution in [3.05, 3.63) is 70.6 Å². The Morgan fingerprint density at radius 1 is 1.07 bits per heavy atom. The van der Waals surface area contributed by atoms with Crippen molar-refractivity contribution >= 4 is 22.4 Å². The Hall–Kier alpha value is -3.03. The number of nitrogens with one attached hydrogen (secondary N) is 1. The number of benzene rings is 2. The predicted octanol–water partition coefficient (Wildman–Crippen LogP) is 1.91. The van der Waals surface area contributed by atoms with E-state index in [1.807, 2.05) is 36.4 Å². The highest BCUT2D eigenvalue weighted by molar-refractivity contribution is 5.90. The van der Waals surface area contributed by atoms with Crippen LogP contribution in [-0.4, -0.2) is 53.4 Å². The molecular weight excluding hydrogens is 368 g/mol. The molecule has 0 saturated carbocycles. The Morgan fingerprint density at radius 2 is 1.83 bits per heavy atom. The first-order valence-electron chi connectivity index (χ1n) is 9.83. The smallest absolute Gasteiger partial charge is 0.275 e. The fraction of sp³-hybridized carbons (Fsp3) is 0.318. The molecule has 1 fully saturated rings. The van der Waals surface area contributed by atoms with E-state index in [0.29, 0.717) is 11.1 Å². The number of carbonyl (C=O) groups is 1. The molecule has 150 valence electrons. The molecule has 1 N–H and O–H groups in total. The number of nitrogens with zero attached hydrogens (tertiary/aromatic N) is 3. The zero-order valence-corrected chi connectivity index (χ0v) is 16.2. The van der Waals surface area contributed by atoms with E-state index in [4.69, 9.17) is 4.74 Å². The maximum atomic E-state index is 12.5. The highest BCUT2D eigenvalue weighted by Gasteiger charge is 2.11. The Balaban J connectivity index is 1.34. The Kier molecular flexibility index (Phi) is 5.97. The lowest BCUT2D eigenvalue weighted by molar-refractivity contribution is -0.117. The van der Waals surface area contributed by atoms with Crippen molar-refractivity contribution in [1.29, 1.82) is 0 Å². The topological polar surface area (TPSA) is 76.5 Å². The summed E-state index contributed by atoms with van der Waals surface area (Å²) in [5.74, 6) is -0.282. The molecule has 2 heterocycles. The van der Waals surface area contributed by atoms with Gasteiger partial charge in [-0.05, 0) is 30.2 Å². The van der Waals surface area contributed by atoms with Crippen LogP contribution in [0.15, 0.2) is 59.5 Å². The SMILES string of the molecule is O=C(Cn1ncc2ccccc2c1=O)Nc1ccc(CCN2CCOCC2)cc1. The van der Waals surface area contributed by atoms with Gasteiger partial charge in [-0.15, -0.1) is 0 Å². The summed E-state index contributed by atoms with van der Waals surface area (Å²) in [7, 11) is 0. The van der Waals surface area contributed by atoms with Crippen molar-refractivity contribution in [3.63, 3.8) is 0 Å². The molecule has 0 bridgehead atoms. The molecule has 1 aromatic heterocycles. The molecule has 0 radical (unpaired) electrons. The van der Waals surface area contributed by atoms with Gasteiger partial charge in [0.2, 0.25) is 5.91 Å². The lowest BCUT2D eigenvalue weighted by atomic mass is 10.1. The molecule has 1 aliphatic rings. The van der Waals surface area contributed by atoms with E-state index in [1.54, 1.807) is 18.3 Å². The molecule has 2 aromatic carbocycles. The fourth-order valence-electron chi connectivity index (χ4n) is 3.44. The second kappa shape index (κ2) is 8.98. The highest BCUT2D eigenvalue weighted by Crippen LogP contribution is 2.11. The average Bonchev–Trinajstić information content (AvgIpc) is 2.76. The van der Waals surface area contributed by atoms with Crippen LogP contribution in [0.1, 0.15) is 5.56 Å². The van der Waals surface area contributed by atoms with Crippen molar-refractivity contribution in [3.8, 4) is 0 Å². The zero-order valence-electron chi connectivity index (χ0n) is 16.2. The third-order valence-electron chi connectivity index (χ3n) is 5.11. The summed E-state index contributed by atoms with van der Waals surface area (Å²) >= 11 is 0. The van der Waals surface area contributed by atoms with Gasteiger partial charge in [-0.3, -0.25) is 14.5 Å². The van der Waals surface area contributed by atoms with Gasteiger partial charge in [-0.2, -0.15) is 5.10 Å². The predicted molar refractivity (Wildman–Crippen MR) is 112 cm³/mol. The molecule has 3 aromatic rings. The van der Waals surface area contributed by atoms with E-state index < -0.39 is 0 Å². The maximum absolute atomic E-state index is 12.5. The number of fused-ring (bicyclic) bond motifs is 1. The molecular formula is C22H24N4O3. The summed E-state index contributed by atoms with van der Waals surface area (Å²) in [6.07, 6.45) is 2.57. The molecule has 4 rings (SSSR count). The molecule has 0 spiro atoms. The van der Waals surface area contributed by atoms with Gasteiger partial charge in [-0.1, -0.05) is 30.3 Å². The van der Waals surface area contributed by atoms with Crippen molar-refractivity contribution in [1.82, 2.24) is 14.7 Å². The normalized spacial score (nSPS) is 14.8. The van der Waals surface area contributed by atoms with E-state index in [9.17, 15) is 9.59 Å². The van der Waals surface area contributed by atoms with Crippen LogP contribution in [0.25, 0.3) is 10.8 Å². The molecule has 0 unspecified atom stereocenters. The van der Waals surface area contributed by atoms with Gasteiger partial charge in [0, 0.05) is 30.7 Å². The summed E-state index contributed by atoms with van der Waals surface area (Å²) < 4.78 is 6.56. The largest absolute Gasteiger partial charge is 0.379 e. The van der Waals surface area contributed by atoms with Crippen molar-refractivity contribution in [2.75, 3.05) is 38.2 Å². The second-order valence-corrected chi connectivity index (χ2v) is 7.14. The molecule has 1 saturated heterocycles. The Labute approximate surface area is 168 Å². The highest BCUT2D eigenvalue weighted by atomic mass is 16.5. The summed E-state index contributed by atoms with van der Waals surface area (Å²) in [4.78, 5) is 27.2. The first-order chi connectivity index (χ1) is 14.2. The van der Waals surface area contributed by atoms with E-state index in [2.05, 4.69) is 15.3 Å². The van der Waals surface area contributed by atoms with Crippen LogP contribution in [-0.2, 0) is 22.5 Å². The molecule has 29 heavy (non-hydrogen) atoms. The van der Waals surface area contributed by atoms with Gasteiger partial charge < -0.3 is 10.1 Å². The van der Waals surface area contributed by atoms with Crippen LogP contribution < -0.4 is 10.9 Å². The molecule has 1 aliphatic heterocycles. The number of anilines is 1. The van der Waals surface area contributed by atoms with Crippen LogP contribution in [0.3, 0.4) is 0 Å². The molecule has 1 amide bonds. The summed E-state index contributed by atoms with van der Waals surface area (Å²) in [5.41, 5.74) is 1.66.